The van der Waals surface area contributed by atoms with Crippen molar-refractivity contribution in [1.29, 1.82) is 0 Å². The SMILES string of the molecule is CC1(C)CC(c2ncc(C(=O)O)[nH]2)c2ccccc2O1. The summed E-state index contributed by atoms with van der Waals surface area (Å²) in [7, 11) is 0. The number of benzene rings is 1. The average Bonchev–Trinajstić information content (AvgIpc) is 2.86. The fourth-order valence-corrected chi connectivity index (χ4v) is 2.67. The first-order chi connectivity index (χ1) is 9.46. The highest BCUT2D eigenvalue weighted by Crippen LogP contribution is 2.42. The first-order valence-electron chi connectivity index (χ1n) is 6.52. The summed E-state index contributed by atoms with van der Waals surface area (Å²) < 4.78 is 5.97. The van der Waals surface area contributed by atoms with Crippen LogP contribution >= 0.6 is 0 Å². The summed E-state index contributed by atoms with van der Waals surface area (Å²) in [5, 5.41) is 9.00. The third-order valence-corrected chi connectivity index (χ3v) is 3.53. The summed E-state index contributed by atoms with van der Waals surface area (Å²) in [6, 6.07) is 7.82. The molecule has 5 nitrogen and oxygen atoms in total. The van der Waals surface area contributed by atoms with Gasteiger partial charge >= 0.3 is 5.97 Å². The van der Waals surface area contributed by atoms with E-state index in [0.717, 1.165) is 17.7 Å². The molecule has 1 unspecified atom stereocenters. The molecule has 1 aliphatic heterocycles. The van der Waals surface area contributed by atoms with Crippen molar-refractivity contribution in [3.8, 4) is 5.75 Å². The van der Waals surface area contributed by atoms with Crippen molar-refractivity contribution in [1.82, 2.24) is 9.97 Å². The third-order valence-electron chi connectivity index (χ3n) is 3.53. The zero-order valence-electron chi connectivity index (χ0n) is 11.4. The van der Waals surface area contributed by atoms with Crippen LogP contribution in [0.1, 0.15) is 48.1 Å². The van der Waals surface area contributed by atoms with E-state index in [1.165, 1.54) is 6.20 Å². The monoisotopic (exact) mass is 272 g/mol. The third kappa shape index (κ3) is 2.15. The minimum Gasteiger partial charge on any atom is -0.488 e. The highest BCUT2D eigenvalue weighted by molar-refractivity contribution is 5.85. The number of carbonyl (C=O) groups is 1. The van der Waals surface area contributed by atoms with Gasteiger partial charge in [0.25, 0.3) is 0 Å². The number of carboxylic acids is 1. The van der Waals surface area contributed by atoms with Gasteiger partial charge in [-0.15, -0.1) is 0 Å². The number of nitrogens with one attached hydrogen (secondary N) is 1. The van der Waals surface area contributed by atoms with E-state index < -0.39 is 5.97 Å². The molecule has 0 saturated carbocycles. The fourth-order valence-electron chi connectivity index (χ4n) is 2.67. The van der Waals surface area contributed by atoms with Crippen molar-refractivity contribution in [2.24, 2.45) is 0 Å². The van der Waals surface area contributed by atoms with E-state index in [9.17, 15) is 4.79 Å². The quantitative estimate of drug-likeness (QED) is 0.881. The molecule has 0 bridgehead atoms. The molecule has 104 valence electrons. The van der Waals surface area contributed by atoms with Crippen LogP contribution in [-0.4, -0.2) is 26.6 Å². The number of fused-ring (bicyclic) bond motifs is 1. The molecule has 2 N–H and O–H groups in total. The Balaban J connectivity index is 2.05. The average molecular weight is 272 g/mol. The number of para-hydroxylation sites is 1. The molecule has 0 aliphatic carbocycles. The maximum absolute atomic E-state index is 11.0. The Hall–Kier alpha value is -2.30. The molecule has 1 aliphatic rings. The molecule has 0 radical (unpaired) electrons. The molecule has 0 amide bonds. The van der Waals surface area contributed by atoms with Crippen molar-refractivity contribution >= 4 is 5.97 Å². The summed E-state index contributed by atoms with van der Waals surface area (Å²) in [5.74, 6) is 0.527. The largest absolute Gasteiger partial charge is 0.488 e. The molecule has 1 aromatic heterocycles. The standard InChI is InChI=1S/C15H16N2O3/c1-15(2)7-10(9-5-3-4-6-12(9)20-15)13-16-8-11(17-13)14(18)19/h3-6,8,10H,7H2,1-2H3,(H,16,17)(H,18,19). The van der Waals surface area contributed by atoms with Gasteiger partial charge in [-0.3, -0.25) is 0 Å². The van der Waals surface area contributed by atoms with E-state index in [4.69, 9.17) is 9.84 Å². The number of H-pyrrole nitrogens is 1. The van der Waals surface area contributed by atoms with Crippen molar-refractivity contribution in [3.63, 3.8) is 0 Å². The molecule has 5 heteroatoms. The van der Waals surface area contributed by atoms with Gasteiger partial charge in [-0.1, -0.05) is 18.2 Å². The molecule has 2 aromatic rings. The summed E-state index contributed by atoms with van der Waals surface area (Å²) >= 11 is 0. The van der Waals surface area contributed by atoms with Crippen molar-refractivity contribution in [2.45, 2.75) is 31.8 Å². The molecule has 1 atom stereocenters. The maximum atomic E-state index is 11.0. The topological polar surface area (TPSA) is 75.2 Å². The van der Waals surface area contributed by atoms with Gasteiger partial charge in [0.2, 0.25) is 0 Å². The molecule has 3 rings (SSSR count). The number of nitrogens with zero attached hydrogens (tertiary/aromatic N) is 1. The zero-order valence-corrected chi connectivity index (χ0v) is 11.4. The number of aromatic nitrogens is 2. The zero-order chi connectivity index (χ0) is 14.3. The van der Waals surface area contributed by atoms with Gasteiger partial charge in [0, 0.05) is 17.9 Å². The lowest BCUT2D eigenvalue weighted by Gasteiger charge is -2.36. The number of rotatable bonds is 2. The van der Waals surface area contributed by atoms with E-state index in [2.05, 4.69) is 9.97 Å². The number of hydrogen-bond acceptors (Lipinski definition) is 3. The predicted octanol–water partition coefficient (Wildman–Crippen LogP) is 2.80. The Kier molecular flexibility index (Phi) is 2.78. The first-order valence-corrected chi connectivity index (χ1v) is 6.52. The maximum Gasteiger partial charge on any atom is 0.353 e. The van der Waals surface area contributed by atoms with Crippen LogP contribution in [-0.2, 0) is 0 Å². The highest BCUT2D eigenvalue weighted by atomic mass is 16.5. The Morgan fingerprint density at radius 2 is 2.20 bits per heavy atom. The minimum atomic E-state index is -0.997. The van der Waals surface area contributed by atoms with Crippen LogP contribution in [0.2, 0.25) is 0 Å². The van der Waals surface area contributed by atoms with Crippen LogP contribution in [0.25, 0.3) is 0 Å². The summed E-state index contributed by atoms with van der Waals surface area (Å²) in [4.78, 5) is 18.1. The summed E-state index contributed by atoms with van der Waals surface area (Å²) in [5.41, 5.74) is 0.842. The lowest BCUT2D eigenvalue weighted by molar-refractivity contribution is 0.0690. The molecular formula is C15H16N2O3. The Labute approximate surface area is 116 Å². The second kappa shape index (κ2) is 4.37. The van der Waals surface area contributed by atoms with E-state index in [1.54, 1.807) is 0 Å². The first kappa shape index (κ1) is 12.7. The second-order valence-electron chi connectivity index (χ2n) is 5.64. The highest BCUT2D eigenvalue weighted by Gasteiger charge is 2.35. The number of aromatic amines is 1. The Morgan fingerprint density at radius 1 is 1.45 bits per heavy atom. The second-order valence-corrected chi connectivity index (χ2v) is 5.64. The van der Waals surface area contributed by atoms with Crippen molar-refractivity contribution in [3.05, 3.63) is 47.5 Å². The van der Waals surface area contributed by atoms with Gasteiger partial charge in [0.05, 0.1) is 6.20 Å². The summed E-state index contributed by atoms with van der Waals surface area (Å²) in [6.07, 6.45) is 2.11. The minimum absolute atomic E-state index is 0.0167. The van der Waals surface area contributed by atoms with Crippen molar-refractivity contribution < 1.29 is 14.6 Å². The van der Waals surface area contributed by atoms with E-state index in [1.807, 2.05) is 38.1 Å². The van der Waals surface area contributed by atoms with Gasteiger partial charge in [0.15, 0.2) is 0 Å². The van der Waals surface area contributed by atoms with Gasteiger partial charge in [-0.05, 0) is 19.9 Å². The normalized spacial score (nSPS) is 20.0. The van der Waals surface area contributed by atoms with Crippen LogP contribution < -0.4 is 4.74 Å². The molecule has 20 heavy (non-hydrogen) atoms. The number of carboxylic acid groups (broad SMARTS) is 1. The van der Waals surface area contributed by atoms with Crippen LogP contribution in [0.3, 0.4) is 0 Å². The van der Waals surface area contributed by atoms with E-state index in [0.29, 0.717) is 5.82 Å². The molecule has 1 aromatic carbocycles. The molecule has 0 saturated heterocycles. The van der Waals surface area contributed by atoms with Crippen LogP contribution in [0.5, 0.6) is 5.75 Å². The van der Waals surface area contributed by atoms with Crippen molar-refractivity contribution in [2.75, 3.05) is 0 Å². The Bertz CT molecular complexity index is 661. The van der Waals surface area contributed by atoms with E-state index in [-0.39, 0.29) is 17.2 Å². The number of hydrogen-bond donors (Lipinski definition) is 2. The molecule has 0 fully saturated rings. The van der Waals surface area contributed by atoms with Gasteiger partial charge in [-0.2, -0.15) is 0 Å². The van der Waals surface area contributed by atoms with Gasteiger partial charge in [-0.25, -0.2) is 9.78 Å². The van der Waals surface area contributed by atoms with Gasteiger partial charge in [0.1, 0.15) is 22.9 Å². The van der Waals surface area contributed by atoms with Crippen LogP contribution in [0, 0.1) is 0 Å². The smallest absolute Gasteiger partial charge is 0.353 e. The van der Waals surface area contributed by atoms with Gasteiger partial charge < -0.3 is 14.8 Å². The Morgan fingerprint density at radius 3 is 2.90 bits per heavy atom. The number of ether oxygens (including phenoxy) is 1. The predicted molar refractivity (Wildman–Crippen MR) is 73.2 cm³/mol. The fraction of sp³-hybridized carbons (Fsp3) is 0.333. The number of imidazole rings is 1. The lowest BCUT2D eigenvalue weighted by Crippen LogP contribution is -2.35. The van der Waals surface area contributed by atoms with Crippen LogP contribution in [0.4, 0.5) is 0 Å². The molecule has 2 heterocycles. The summed E-state index contributed by atoms with van der Waals surface area (Å²) in [6.45, 7) is 4.05. The number of aromatic carboxylic acids is 1. The van der Waals surface area contributed by atoms with Crippen LogP contribution in [0.15, 0.2) is 30.5 Å². The lowest BCUT2D eigenvalue weighted by atomic mass is 9.84. The molecule has 0 spiro atoms. The molecular weight excluding hydrogens is 256 g/mol. The van der Waals surface area contributed by atoms with E-state index >= 15 is 0 Å².